The van der Waals surface area contributed by atoms with Crippen molar-refractivity contribution in [2.24, 2.45) is 17.6 Å². The van der Waals surface area contributed by atoms with Crippen molar-refractivity contribution in [2.75, 3.05) is 66.4 Å². The Morgan fingerprint density at radius 3 is 1.59 bits per heavy atom. The summed E-state index contributed by atoms with van der Waals surface area (Å²) in [7, 11) is 6.50. The average Bonchev–Trinajstić information content (AvgIpc) is 1.41. The number of rotatable bonds is 21. The van der Waals surface area contributed by atoms with Gasteiger partial charge in [0, 0.05) is 90.2 Å². The van der Waals surface area contributed by atoms with Crippen molar-refractivity contribution in [3.05, 3.63) is 167 Å². The maximum atomic E-state index is 15.5. The quantitative estimate of drug-likeness (QED) is 0.0480. The van der Waals surface area contributed by atoms with Crippen LogP contribution in [0.5, 0.6) is 11.5 Å². The van der Waals surface area contributed by atoms with Crippen molar-refractivity contribution >= 4 is 111 Å². The van der Waals surface area contributed by atoms with E-state index >= 15 is 24.0 Å². The average molecular weight is 1660 g/mol. The molecule has 0 saturated carbocycles. The van der Waals surface area contributed by atoms with Crippen LogP contribution < -0.4 is 53.8 Å². The van der Waals surface area contributed by atoms with Gasteiger partial charge in [-0.1, -0.05) is 151 Å². The van der Waals surface area contributed by atoms with Gasteiger partial charge in [-0.05, 0) is 82.8 Å². The minimum absolute atomic E-state index is 0.0102. The minimum Gasteiger partial charge on any atom is -0.508 e. The molecule has 6 aromatic rings. The Balaban J connectivity index is 1.30. The van der Waals surface area contributed by atoms with Gasteiger partial charge < -0.3 is 87.8 Å². The maximum absolute atomic E-state index is 15.5. The molecule has 5 aromatic carbocycles. The molecule has 0 unspecified atom stereocenters. The SMILES string of the molecule is CCCC[C@H]1C(=O)N(C)CC(=O)N[C@@H](CC(=O)O)C(=O)N[C@@H](C(C)C)C(=O)N(C)[C@@H](Cc2ccccc2)C(=O)N[C@@H](Cc2ccc(O)cc2)C(=O)N(C)CC(=O)N[C@@H](Cc2c[nH]c3ccccc23)C(=O)NN[C@@H](CC(C)C)C(=O)N[C@H](C(=O)NCC(N)=O)CSCC(=O)N[C@@H](Cc2ccccc2)C(=O)N(C)[C@@H](Cc2ccc(O)cc2)C(=O)N1C. The fourth-order valence-corrected chi connectivity index (χ4v) is 14.4. The van der Waals surface area contributed by atoms with Crippen LogP contribution in [0, 0.1) is 11.8 Å². The number of primary amides is 1. The molecule has 1 saturated heterocycles. The number of para-hydroxylation sites is 1. The number of aliphatic carboxylic acids is 1. The van der Waals surface area contributed by atoms with E-state index < -0.39 is 187 Å². The number of hydrogen-bond acceptors (Lipinski definition) is 19. The zero-order valence-electron chi connectivity index (χ0n) is 68.5. The summed E-state index contributed by atoms with van der Waals surface area (Å²) in [6.07, 6.45) is 0.530. The van der Waals surface area contributed by atoms with Crippen LogP contribution in [0.4, 0.5) is 0 Å². The number of carbonyl (C=O) groups excluding carboxylic acids is 14. The van der Waals surface area contributed by atoms with E-state index in [1.54, 1.807) is 119 Å². The number of phenolic OH excluding ortho intramolecular Hbond substituents is 2. The van der Waals surface area contributed by atoms with E-state index in [1.165, 1.54) is 83.8 Å². The van der Waals surface area contributed by atoms with Gasteiger partial charge >= 0.3 is 5.97 Å². The molecule has 0 bridgehead atoms. The molecule has 10 atom stereocenters. The Morgan fingerprint density at radius 2 is 1.02 bits per heavy atom. The minimum atomic E-state index is -1.90. The van der Waals surface area contributed by atoms with Gasteiger partial charge in [0.2, 0.25) is 76.8 Å². The molecule has 1 aromatic heterocycles. The van der Waals surface area contributed by atoms with Crippen LogP contribution in [0.25, 0.3) is 10.9 Å². The van der Waals surface area contributed by atoms with Crippen LogP contribution in [0.15, 0.2) is 140 Å². The van der Waals surface area contributed by atoms with Crippen molar-refractivity contribution in [2.45, 2.75) is 159 Å². The van der Waals surface area contributed by atoms with Crippen molar-refractivity contribution < 1.29 is 87.2 Å². The number of unbranched alkanes of at least 4 members (excludes halogenated alkanes) is 1. The lowest BCUT2D eigenvalue weighted by Gasteiger charge is -2.37. The van der Waals surface area contributed by atoms with E-state index in [2.05, 4.69) is 53.1 Å². The number of aromatic hydroxyl groups is 2. The molecular weight excluding hydrogens is 1550 g/mol. The van der Waals surface area contributed by atoms with Crippen molar-refractivity contribution in [1.82, 2.24) is 77.6 Å². The third kappa shape index (κ3) is 28.4. The zero-order valence-corrected chi connectivity index (χ0v) is 69.3. The number of aromatic nitrogens is 1. The highest BCUT2D eigenvalue weighted by Crippen LogP contribution is 2.24. The summed E-state index contributed by atoms with van der Waals surface area (Å²) >= 11 is 0.848. The number of H-pyrrole nitrogens is 1. The topological polar surface area (TPSA) is 483 Å². The van der Waals surface area contributed by atoms with E-state index in [1.807, 2.05) is 6.92 Å². The molecule has 1 fully saturated rings. The second kappa shape index (κ2) is 45.4. The Kier molecular flexibility index (Phi) is 35.7. The summed E-state index contributed by atoms with van der Waals surface area (Å²) in [5.41, 5.74) is 14.0. The van der Waals surface area contributed by atoms with E-state index in [4.69, 9.17) is 5.73 Å². The van der Waals surface area contributed by atoms with Gasteiger partial charge in [-0.2, -0.15) is 0 Å². The highest BCUT2D eigenvalue weighted by molar-refractivity contribution is 8.00. The number of aromatic amines is 1. The van der Waals surface area contributed by atoms with Crippen LogP contribution in [-0.2, 0) is 104 Å². The van der Waals surface area contributed by atoms with Gasteiger partial charge in [-0.25, -0.2) is 5.43 Å². The van der Waals surface area contributed by atoms with Crippen molar-refractivity contribution in [3.63, 3.8) is 0 Å². The number of phenols is 2. The number of amides is 14. The summed E-state index contributed by atoms with van der Waals surface area (Å²) < 4.78 is 0. The molecular formula is C84H110N16O18S. The first-order chi connectivity index (χ1) is 56.5. The van der Waals surface area contributed by atoms with Gasteiger partial charge in [0.25, 0.3) is 5.91 Å². The van der Waals surface area contributed by atoms with Crippen LogP contribution in [0.3, 0.4) is 0 Å². The lowest BCUT2D eigenvalue weighted by molar-refractivity contribution is -0.151. The first kappa shape index (κ1) is 93.8. The molecule has 640 valence electrons. The number of nitrogens with one attached hydrogen (secondary N) is 10. The van der Waals surface area contributed by atoms with E-state index in [0.29, 0.717) is 51.6 Å². The molecule has 2 heterocycles. The molecule has 1 aliphatic rings. The zero-order chi connectivity index (χ0) is 87.3. The highest BCUT2D eigenvalue weighted by atomic mass is 32.2. The third-order valence-electron chi connectivity index (χ3n) is 20.2. The van der Waals surface area contributed by atoms with E-state index in [-0.39, 0.29) is 68.1 Å². The maximum Gasteiger partial charge on any atom is 0.305 e. The number of nitrogens with two attached hydrogens (primary N) is 1. The Labute approximate surface area is 695 Å². The number of hydrogen-bond donors (Lipinski definition) is 14. The van der Waals surface area contributed by atoms with E-state index in [0.717, 1.165) is 36.3 Å². The lowest BCUT2D eigenvalue weighted by Crippen LogP contribution is -2.61. The lowest BCUT2D eigenvalue weighted by atomic mass is 9.98. The van der Waals surface area contributed by atoms with Gasteiger partial charge in [-0.3, -0.25) is 77.3 Å². The normalized spacial score (nSPS) is 22.0. The summed E-state index contributed by atoms with van der Waals surface area (Å²) in [5, 5.41) is 49.8. The molecule has 0 radical (unpaired) electrons. The smallest absolute Gasteiger partial charge is 0.305 e. The first-order valence-electron chi connectivity index (χ1n) is 39.2. The van der Waals surface area contributed by atoms with Gasteiger partial charge in [0.05, 0.1) is 31.8 Å². The van der Waals surface area contributed by atoms with Crippen LogP contribution in [-0.4, -0.2) is 260 Å². The second-order valence-electron chi connectivity index (χ2n) is 30.4. The van der Waals surface area contributed by atoms with Crippen molar-refractivity contribution in [3.8, 4) is 11.5 Å². The predicted octanol–water partition coefficient (Wildman–Crippen LogP) is 1.10. The number of thioether (sulfide) groups is 1. The van der Waals surface area contributed by atoms with Crippen molar-refractivity contribution in [1.29, 1.82) is 0 Å². The summed E-state index contributed by atoms with van der Waals surface area (Å²) in [5.74, 6) is -16.0. The number of carbonyl (C=O) groups is 15. The fourth-order valence-electron chi connectivity index (χ4n) is 13.6. The summed E-state index contributed by atoms with van der Waals surface area (Å²) in [6, 6.07) is 20.8. The molecule has 34 nitrogen and oxygen atoms in total. The Bertz CT molecular complexity index is 4540. The predicted molar refractivity (Wildman–Crippen MR) is 443 cm³/mol. The number of carboxylic acid groups (broad SMARTS) is 1. The summed E-state index contributed by atoms with van der Waals surface area (Å²) in [4.78, 5) is 226. The summed E-state index contributed by atoms with van der Waals surface area (Å²) in [6.45, 7) is 6.31. The number of likely N-dealkylation sites (N-methyl/N-ethyl adjacent to an activating group) is 5. The van der Waals surface area contributed by atoms with E-state index in [9.17, 15) is 63.3 Å². The molecule has 0 aliphatic carbocycles. The Hall–Kier alpha value is -12.4. The monoisotopic (exact) mass is 1660 g/mol. The van der Waals surface area contributed by atoms with Gasteiger partial charge in [0.15, 0.2) is 0 Å². The van der Waals surface area contributed by atoms with Crippen LogP contribution in [0.2, 0.25) is 0 Å². The van der Waals surface area contributed by atoms with Crippen LogP contribution >= 0.6 is 11.8 Å². The second-order valence-corrected chi connectivity index (χ2v) is 31.5. The molecule has 35 heteroatoms. The molecule has 15 N–H and O–H groups in total. The Morgan fingerprint density at radius 1 is 0.513 bits per heavy atom. The standard InChI is InChI=1S/C84H110N16O18S/c1-11-12-27-66-82(116)97(7)46-71(105)89-61(42-73(107)108)76(110)93-74(50(4)5)84(118)99(9)67(39-52-23-17-14-18-24-52)79(113)91-63(38-53-28-32-56(101)33-29-53)80(114)96(6)45-70(104)88-60(41-55-43-86-59-26-20-19-25-58(55)59)78(112)95-94-62(36-49(2)3)77(111)92-65(75(109)87-44-69(85)103)47-119-48-72(106)90-64(37-51-21-15-13-16-22-51)81(115)100(10)68(83(117)98(66)8)40-54-30-34-57(102)35-31-54/h13-26,28-35,43,49-50,60-68,74,86,94,101-102H,11-12,27,36-42,44-48H2,1-10H3,(H2,85,103)(H,87,109)(H,88,104)(H,89,105)(H,90,106)(H,91,113)(H,92,111)(H,93,110)(H,95,112)(H,107,108)/t60-,61-,62-,63-,64-,65-,66-,67-,68-,74-/m0/s1. The van der Waals surface area contributed by atoms with Gasteiger partial charge in [-0.15, -0.1) is 11.8 Å². The molecule has 7 rings (SSSR count). The van der Waals surface area contributed by atoms with Gasteiger partial charge in [0.1, 0.15) is 71.9 Å². The number of carboxylic acids is 1. The molecule has 0 spiro atoms. The molecule has 119 heavy (non-hydrogen) atoms. The first-order valence-corrected chi connectivity index (χ1v) is 40.4. The number of nitrogens with zero attached hydrogens (tertiary/aromatic N) is 5. The van der Waals surface area contributed by atoms with Crippen LogP contribution in [0.1, 0.15) is 94.5 Å². The largest absolute Gasteiger partial charge is 0.508 e. The molecule has 14 amide bonds. The highest BCUT2D eigenvalue weighted by Gasteiger charge is 2.42. The number of benzene rings is 5. The third-order valence-corrected chi connectivity index (χ3v) is 21.2. The fraction of sp³-hybridized carbons (Fsp3) is 0.440. The number of fused-ring (bicyclic) bond motifs is 1. The molecule has 1 aliphatic heterocycles. The number of hydrazine groups is 1.